The van der Waals surface area contributed by atoms with Crippen LogP contribution in [0.25, 0.3) is 33.7 Å². The van der Waals surface area contributed by atoms with Gasteiger partial charge in [0.15, 0.2) is 5.65 Å². The molecule has 2 N–H and O–H groups in total. The standard InChI is InChI=1S/C21H21N7.ClH/c1-2-8-23-16(4-1)15-11-17(18-10-14-12-22-7-3-9-28(14)27-18)24-21-19(15)20(25-26-21)13-5-6-13;/h1-2,4,8,10-11,13,22H,3,5-7,9,12H2,(H,24,25,26);1H. The minimum Gasteiger partial charge on any atom is -0.311 e. The third-order valence-corrected chi connectivity index (χ3v) is 5.63. The molecule has 5 heterocycles. The molecule has 7 nitrogen and oxygen atoms in total. The molecule has 2 aliphatic rings. The molecule has 0 unspecified atom stereocenters. The SMILES string of the molecule is Cl.c1ccc(-c2cc(-c3cc4n(n3)CCCNC4)nc3n[nH]c(C4CC4)c23)nc1. The highest BCUT2D eigenvalue weighted by Crippen LogP contribution is 2.44. The van der Waals surface area contributed by atoms with Crippen LogP contribution in [0.4, 0.5) is 0 Å². The number of fused-ring (bicyclic) bond motifs is 2. The van der Waals surface area contributed by atoms with Crippen molar-refractivity contribution in [2.45, 2.75) is 38.3 Å². The van der Waals surface area contributed by atoms with Crippen LogP contribution in [0.5, 0.6) is 0 Å². The molecular weight excluding hydrogens is 386 g/mol. The van der Waals surface area contributed by atoms with Gasteiger partial charge in [-0.2, -0.15) is 10.2 Å². The molecule has 4 aromatic heterocycles. The number of aryl methyl sites for hydroxylation is 1. The van der Waals surface area contributed by atoms with E-state index in [2.05, 4.69) is 43.4 Å². The number of aromatic nitrogens is 6. The molecule has 1 saturated carbocycles. The summed E-state index contributed by atoms with van der Waals surface area (Å²) in [6.07, 6.45) is 5.34. The number of halogens is 1. The molecule has 148 valence electrons. The van der Waals surface area contributed by atoms with Gasteiger partial charge in [0.1, 0.15) is 5.69 Å². The molecule has 0 spiro atoms. The molecule has 0 atom stereocenters. The fraction of sp³-hybridized carbons (Fsp3) is 0.333. The largest absolute Gasteiger partial charge is 0.311 e. The summed E-state index contributed by atoms with van der Waals surface area (Å²) in [6.45, 7) is 2.81. The highest BCUT2D eigenvalue weighted by atomic mass is 35.5. The second-order valence-electron chi connectivity index (χ2n) is 7.65. The molecule has 1 aliphatic carbocycles. The van der Waals surface area contributed by atoms with Crippen molar-refractivity contribution in [3.8, 4) is 22.6 Å². The van der Waals surface area contributed by atoms with E-state index in [9.17, 15) is 0 Å². The van der Waals surface area contributed by atoms with Gasteiger partial charge in [0, 0.05) is 36.5 Å². The average Bonchev–Trinajstić information content (AvgIpc) is 3.43. The minimum atomic E-state index is 0. The highest BCUT2D eigenvalue weighted by Gasteiger charge is 2.30. The van der Waals surface area contributed by atoms with Gasteiger partial charge in [-0.1, -0.05) is 6.07 Å². The van der Waals surface area contributed by atoms with Crippen molar-refractivity contribution in [1.82, 2.24) is 35.3 Å². The molecule has 0 saturated heterocycles. The summed E-state index contributed by atoms with van der Waals surface area (Å²) < 4.78 is 2.10. The van der Waals surface area contributed by atoms with E-state index in [0.717, 1.165) is 59.7 Å². The van der Waals surface area contributed by atoms with Crippen LogP contribution >= 0.6 is 12.4 Å². The summed E-state index contributed by atoms with van der Waals surface area (Å²) in [7, 11) is 0. The topological polar surface area (TPSA) is 84.3 Å². The van der Waals surface area contributed by atoms with Crippen LogP contribution in [-0.2, 0) is 13.1 Å². The first-order valence-corrected chi connectivity index (χ1v) is 9.95. The molecule has 1 aliphatic heterocycles. The van der Waals surface area contributed by atoms with Crippen LogP contribution in [0.1, 0.15) is 36.6 Å². The van der Waals surface area contributed by atoms with Gasteiger partial charge < -0.3 is 5.32 Å². The highest BCUT2D eigenvalue weighted by molar-refractivity contribution is 5.96. The Morgan fingerprint density at radius 1 is 1.07 bits per heavy atom. The van der Waals surface area contributed by atoms with Crippen molar-refractivity contribution in [3.63, 3.8) is 0 Å². The van der Waals surface area contributed by atoms with Crippen LogP contribution < -0.4 is 5.32 Å². The van der Waals surface area contributed by atoms with Crippen molar-refractivity contribution in [2.75, 3.05) is 6.54 Å². The van der Waals surface area contributed by atoms with Gasteiger partial charge in [0.2, 0.25) is 0 Å². The van der Waals surface area contributed by atoms with Crippen molar-refractivity contribution in [2.24, 2.45) is 0 Å². The minimum absolute atomic E-state index is 0. The molecule has 0 aromatic carbocycles. The normalized spacial score (nSPS) is 16.3. The fourth-order valence-electron chi connectivity index (χ4n) is 4.06. The van der Waals surface area contributed by atoms with Gasteiger partial charge in [0.25, 0.3) is 0 Å². The van der Waals surface area contributed by atoms with Crippen LogP contribution in [0.3, 0.4) is 0 Å². The van der Waals surface area contributed by atoms with Crippen molar-refractivity contribution in [1.29, 1.82) is 0 Å². The zero-order valence-corrected chi connectivity index (χ0v) is 16.7. The molecular formula is C21H22ClN7. The second-order valence-corrected chi connectivity index (χ2v) is 7.65. The van der Waals surface area contributed by atoms with Gasteiger partial charge in [-0.25, -0.2) is 4.98 Å². The molecule has 29 heavy (non-hydrogen) atoms. The summed E-state index contributed by atoms with van der Waals surface area (Å²) in [6, 6.07) is 10.3. The van der Waals surface area contributed by atoms with Crippen molar-refractivity contribution >= 4 is 23.4 Å². The van der Waals surface area contributed by atoms with Crippen LogP contribution in [-0.4, -0.2) is 36.5 Å². The second kappa shape index (κ2) is 7.24. The van der Waals surface area contributed by atoms with E-state index >= 15 is 0 Å². The lowest BCUT2D eigenvalue weighted by Crippen LogP contribution is -2.11. The van der Waals surface area contributed by atoms with Crippen molar-refractivity contribution in [3.05, 3.63) is 47.9 Å². The van der Waals surface area contributed by atoms with E-state index in [1.54, 1.807) is 0 Å². The smallest absolute Gasteiger partial charge is 0.182 e. The Kier molecular flexibility index (Phi) is 4.56. The lowest BCUT2D eigenvalue weighted by molar-refractivity contribution is 0.589. The number of hydrogen-bond donors (Lipinski definition) is 2. The lowest BCUT2D eigenvalue weighted by Gasteiger charge is -2.07. The number of hydrogen-bond acceptors (Lipinski definition) is 5. The van der Waals surface area contributed by atoms with Gasteiger partial charge >= 0.3 is 0 Å². The Bertz CT molecular complexity index is 1140. The summed E-state index contributed by atoms with van der Waals surface area (Å²) in [5, 5.41) is 17.2. The quantitative estimate of drug-likeness (QED) is 0.541. The zero-order chi connectivity index (χ0) is 18.5. The summed E-state index contributed by atoms with van der Waals surface area (Å²) in [5.41, 5.74) is 6.92. The van der Waals surface area contributed by atoms with E-state index in [-0.39, 0.29) is 12.4 Å². The predicted octanol–water partition coefficient (Wildman–Crippen LogP) is 3.68. The van der Waals surface area contributed by atoms with Gasteiger partial charge in [0.05, 0.1) is 22.5 Å². The predicted molar refractivity (Wildman–Crippen MR) is 114 cm³/mol. The van der Waals surface area contributed by atoms with Gasteiger partial charge in [-0.3, -0.25) is 14.8 Å². The number of pyridine rings is 2. The summed E-state index contributed by atoms with van der Waals surface area (Å²) in [5.74, 6) is 0.565. The first-order valence-electron chi connectivity index (χ1n) is 9.95. The average molecular weight is 408 g/mol. The molecule has 0 bridgehead atoms. The van der Waals surface area contributed by atoms with Crippen LogP contribution in [0.15, 0.2) is 36.5 Å². The maximum Gasteiger partial charge on any atom is 0.182 e. The number of aromatic amines is 1. The Morgan fingerprint density at radius 2 is 2.00 bits per heavy atom. The zero-order valence-electron chi connectivity index (χ0n) is 15.9. The molecule has 0 radical (unpaired) electrons. The molecule has 8 heteroatoms. The Balaban J connectivity index is 0.00000181. The van der Waals surface area contributed by atoms with Crippen LogP contribution in [0.2, 0.25) is 0 Å². The van der Waals surface area contributed by atoms with E-state index in [0.29, 0.717) is 5.92 Å². The van der Waals surface area contributed by atoms with Crippen molar-refractivity contribution < 1.29 is 0 Å². The summed E-state index contributed by atoms with van der Waals surface area (Å²) in [4.78, 5) is 9.47. The number of nitrogens with zero attached hydrogens (tertiary/aromatic N) is 5. The lowest BCUT2D eigenvalue weighted by atomic mass is 10.0. The van der Waals surface area contributed by atoms with E-state index in [1.807, 2.05) is 18.3 Å². The molecule has 4 aromatic rings. The van der Waals surface area contributed by atoms with Gasteiger partial charge in [-0.05, 0) is 50.1 Å². The first kappa shape index (κ1) is 18.3. The Labute approximate surface area is 174 Å². The van der Waals surface area contributed by atoms with Gasteiger partial charge in [-0.15, -0.1) is 12.4 Å². The first-order chi connectivity index (χ1) is 13.9. The number of nitrogens with one attached hydrogen (secondary N) is 2. The molecule has 0 amide bonds. The Hall–Kier alpha value is -2.77. The monoisotopic (exact) mass is 407 g/mol. The fourth-order valence-corrected chi connectivity index (χ4v) is 4.06. The maximum atomic E-state index is 4.86. The Morgan fingerprint density at radius 3 is 2.83 bits per heavy atom. The van der Waals surface area contributed by atoms with E-state index in [1.165, 1.54) is 24.2 Å². The van der Waals surface area contributed by atoms with E-state index < -0.39 is 0 Å². The maximum absolute atomic E-state index is 4.86. The summed E-state index contributed by atoms with van der Waals surface area (Å²) >= 11 is 0. The molecule has 1 fully saturated rings. The third kappa shape index (κ3) is 3.20. The van der Waals surface area contributed by atoms with Crippen LogP contribution in [0, 0.1) is 0 Å². The third-order valence-electron chi connectivity index (χ3n) is 5.63. The number of H-pyrrole nitrogens is 1. The molecule has 6 rings (SSSR count). The van der Waals surface area contributed by atoms with E-state index in [4.69, 9.17) is 10.1 Å². The number of rotatable bonds is 3.